The van der Waals surface area contributed by atoms with E-state index < -0.39 is 5.60 Å². The number of nitrogens with one attached hydrogen (secondary N) is 1. The topological polar surface area (TPSA) is 60.2 Å². The molecule has 18 heavy (non-hydrogen) atoms. The van der Waals surface area contributed by atoms with Crippen LogP contribution in [-0.2, 0) is 10.3 Å². The molecule has 0 aliphatic carbocycles. The lowest BCUT2D eigenvalue weighted by molar-refractivity contribution is -0.0403. The molecule has 0 radical (unpaired) electrons. The molecule has 1 saturated heterocycles. The smallest absolute Gasteiger partial charge is 0.231 e. The lowest BCUT2D eigenvalue weighted by atomic mass is 9.99. The predicted molar refractivity (Wildman–Crippen MR) is 68.4 cm³/mol. The summed E-state index contributed by atoms with van der Waals surface area (Å²) in [6.07, 6.45) is 3.12. The zero-order valence-electron chi connectivity index (χ0n) is 11.5. The van der Waals surface area contributed by atoms with Crippen LogP contribution in [0, 0.1) is 0 Å². The quantitative estimate of drug-likeness (QED) is 0.871. The number of rotatable bonds is 5. The summed E-state index contributed by atoms with van der Waals surface area (Å²) in [7, 11) is 0. The zero-order chi connectivity index (χ0) is 13.0. The molecule has 1 aromatic heterocycles. The van der Waals surface area contributed by atoms with Gasteiger partial charge in [0, 0.05) is 13.2 Å². The van der Waals surface area contributed by atoms with Gasteiger partial charge in [-0.3, -0.25) is 0 Å². The van der Waals surface area contributed by atoms with Crippen LogP contribution in [0.1, 0.15) is 57.7 Å². The highest BCUT2D eigenvalue weighted by Gasteiger charge is 2.32. The van der Waals surface area contributed by atoms with Crippen LogP contribution in [0.5, 0.6) is 0 Å². The Labute approximate surface area is 108 Å². The summed E-state index contributed by atoms with van der Waals surface area (Å²) in [5.41, 5.74) is -0.432. The monoisotopic (exact) mass is 253 g/mol. The molecular formula is C13H23N3O2. The van der Waals surface area contributed by atoms with E-state index in [2.05, 4.69) is 22.4 Å². The van der Waals surface area contributed by atoms with Gasteiger partial charge in [-0.1, -0.05) is 12.1 Å². The highest BCUT2D eigenvalue weighted by atomic mass is 16.5. The molecular weight excluding hydrogens is 230 g/mol. The molecule has 5 nitrogen and oxygen atoms in total. The highest BCUT2D eigenvalue weighted by Crippen LogP contribution is 2.29. The normalized spacial score (nSPS) is 23.8. The first-order valence-corrected chi connectivity index (χ1v) is 6.88. The molecule has 1 aliphatic heterocycles. The summed E-state index contributed by atoms with van der Waals surface area (Å²) in [5.74, 6) is 1.77. The van der Waals surface area contributed by atoms with Crippen LogP contribution < -0.4 is 5.32 Å². The van der Waals surface area contributed by atoms with Gasteiger partial charge in [-0.05, 0) is 39.7 Å². The molecule has 2 unspecified atom stereocenters. The molecule has 5 heteroatoms. The summed E-state index contributed by atoms with van der Waals surface area (Å²) in [4.78, 5) is 4.55. The molecule has 1 aliphatic rings. The van der Waals surface area contributed by atoms with Crippen LogP contribution in [0.3, 0.4) is 0 Å². The molecule has 0 amide bonds. The number of piperidine rings is 1. The summed E-state index contributed by atoms with van der Waals surface area (Å²) in [6.45, 7) is 8.75. The number of ether oxygens (including phenoxy) is 1. The Morgan fingerprint density at radius 2 is 2.33 bits per heavy atom. The number of hydrogen-bond donors (Lipinski definition) is 1. The summed E-state index contributed by atoms with van der Waals surface area (Å²) < 4.78 is 11.2. The molecule has 2 atom stereocenters. The third-order valence-corrected chi connectivity index (χ3v) is 3.70. The van der Waals surface area contributed by atoms with Gasteiger partial charge in [0.2, 0.25) is 11.7 Å². The van der Waals surface area contributed by atoms with Crippen molar-refractivity contribution in [3.63, 3.8) is 0 Å². The second kappa shape index (κ2) is 5.80. The number of nitrogens with zero attached hydrogens (tertiary/aromatic N) is 2. The van der Waals surface area contributed by atoms with Gasteiger partial charge in [-0.2, -0.15) is 4.98 Å². The van der Waals surface area contributed by atoms with Gasteiger partial charge in [-0.25, -0.2) is 0 Å². The van der Waals surface area contributed by atoms with Gasteiger partial charge in [-0.15, -0.1) is 0 Å². The van der Waals surface area contributed by atoms with E-state index in [4.69, 9.17) is 9.26 Å². The maximum absolute atomic E-state index is 5.76. The molecule has 102 valence electrons. The minimum atomic E-state index is -0.432. The lowest BCUT2D eigenvalue weighted by Gasteiger charge is -2.24. The largest absolute Gasteiger partial charge is 0.367 e. The first-order chi connectivity index (χ1) is 8.69. The van der Waals surface area contributed by atoms with Crippen LogP contribution in [0.4, 0.5) is 0 Å². The number of hydrogen-bond acceptors (Lipinski definition) is 5. The van der Waals surface area contributed by atoms with E-state index >= 15 is 0 Å². The maximum atomic E-state index is 5.76. The molecule has 0 aromatic carbocycles. The average Bonchev–Trinajstić information content (AvgIpc) is 2.90. The molecule has 2 heterocycles. The Balaban J connectivity index is 2.13. The van der Waals surface area contributed by atoms with Crippen molar-refractivity contribution < 1.29 is 9.26 Å². The minimum absolute atomic E-state index is 0.350. The number of aromatic nitrogens is 2. The first kappa shape index (κ1) is 13.5. The Morgan fingerprint density at radius 3 is 2.94 bits per heavy atom. The maximum Gasteiger partial charge on any atom is 0.231 e. The van der Waals surface area contributed by atoms with Gasteiger partial charge in [0.25, 0.3) is 0 Å². The molecule has 0 saturated carbocycles. The van der Waals surface area contributed by atoms with E-state index in [0.29, 0.717) is 18.3 Å². The van der Waals surface area contributed by atoms with Gasteiger partial charge in [0.1, 0.15) is 5.60 Å². The fourth-order valence-corrected chi connectivity index (χ4v) is 2.32. The second-order valence-electron chi connectivity index (χ2n) is 5.02. The Hall–Kier alpha value is -0.940. The SMILES string of the molecule is CCOC(C)(CC)c1noc(C2CCCNC2)n1. The molecule has 1 fully saturated rings. The summed E-state index contributed by atoms with van der Waals surface area (Å²) >= 11 is 0. The van der Waals surface area contributed by atoms with E-state index in [1.54, 1.807) is 0 Å². The van der Waals surface area contributed by atoms with Gasteiger partial charge in [0.15, 0.2) is 0 Å². The predicted octanol–water partition coefficient (Wildman–Crippen LogP) is 2.20. The van der Waals surface area contributed by atoms with Crippen molar-refractivity contribution in [1.29, 1.82) is 0 Å². The molecule has 0 bridgehead atoms. The van der Waals surface area contributed by atoms with Crippen molar-refractivity contribution in [2.75, 3.05) is 19.7 Å². The van der Waals surface area contributed by atoms with E-state index in [9.17, 15) is 0 Å². The van der Waals surface area contributed by atoms with Crippen molar-refractivity contribution in [1.82, 2.24) is 15.5 Å². The van der Waals surface area contributed by atoms with Crippen LogP contribution in [0.15, 0.2) is 4.52 Å². The third kappa shape index (κ3) is 2.72. The Kier molecular flexibility index (Phi) is 4.35. The van der Waals surface area contributed by atoms with Crippen molar-refractivity contribution in [3.05, 3.63) is 11.7 Å². The van der Waals surface area contributed by atoms with E-state index in [1.165, 1.54) is 6.42 Å². The van der Waals surface area contributed by atoms with Gasteiger partial charge >= 0.3 is 0 Å². The molecule has 1 aromatic rings. The molecule has 2 rings (SSSR count). The van der Waals surface area contributed by atoms with Crippen molar-refractivity contribution in [2.24, 2.45) is 0 Å². The van der Waals surface area contributed by atoms with Crippen LogP contribution >= 0.6 is 0 Å². The van der Waals surface area contributed by atoms with Gasteiger partial charge < -0.3 is 14.6 Å². The van der Waals surface area contributed by atoms with E-state index in [-0.39, 0.29) is 0 Å². The fraction of sp³-hybridized carbons (Fsp3) is 0.846. The van der Waals surface area contributed by atoms with Crippen molar-refractivity contribution >= 4 is 0 Å². The van der Waals surface area contributed by atoms with E-state index in [0.717, 1.165) is 31.8 Å². The highest BCUT2D eigenvalue weighted by molar-refractivity contribution is 5.03. The van der Waals surface area contributed by atoms with Crippen molar-refractivity contribution in [2.45, 2.75) is 51.6 Å². The van der Waals surface area contributed by atoms with Crippen LogP contribution in [-0.4, -0.2) is 29.8 Å². The second-order valence-corrected chi connectivity index (χ2v) is 5.02. The Morgan fingerprint density at radius 1 is 1.50 bits per heavy atom. The third-order valence-electron chi connectivity index (χ3n) is 3.70. The fourth-order valence-electron chi connectivity index (χ4n) is 2.32. The summed E-state index contributed by atoms with van der Waals surface area (Å²) in [6, 6.07) is 0. The van der Waals surface area contributed by atoms with Crippen LogP contribution in [0.25, 0.3) is 0 Å². The van der Waals surface area contributed by atoms with Crippen LogP contribution in [0.2, 0.25) is 0 Å². The van der Waals surface area contributed by atoms with Gasteiger partial charge in [0.05, 0.1) is 5.92 Å². The molecule has 1 N–H and O–H groups in total. The minimum Gasteiger partial charge on any atom is -0.367 e. The summed E-state index contributed by atoms with van der Waals surface area (Å²) in [5, 5.41) is 7.48. The standard InChI is InChI=1S/C13H23N3O2/c1-4-13(3,17-5-2)12-15-11(18-16-12)10-7-6-8-14-9-10/h10,14H,4-9H2,1-3H3. The molecule has 0 spiro atoms. The zero-order valence-corrected chi connectivity index (χ0v) is 11.5. The first-order valence-electron chi connectivity index (χ1n) is 6.88. The lowest BCUT2D eigenvalue weighted by Crippen LogP contribution is -2.29. The average molecular weight is 253 g/mol. The van der Waals surface area contributed by atoms with Crippen molar-refractivity contribution in [3.8, 4) is 0 Å². The Bertz CT molecular complexity index is 374. The van der Waals surface area contributed by atoms with E-state index in [1.807, 2.05) is 13.8 Å².